The molecule has 3 aromatic heterocycles. The fourth-order valence-corrected chi connectivity index (χ4v) is 4.57. The molecule has 13 heteroatoms. The maximum atomic E-state index is 14.0. The maximum Gasteiger partial charge on any atom is 0.324 e. The first-order valence-electron chi connectivity index (χ1n) is 13.1. The molecule has 2 aromatic carbocycles. The lowest BCUT2D eigenvalue weighted by atomic mass is 9.93. The molecular formula is C29H30ClN9O3. The van der Waals surface area contributed by atoms with E-state index in [1.54, 1.807) is 55.5 Å². The molecule has 2 amide bonds. The van der Waals surface area contributed by atoms with Gasteiger partial charge in [0.05, 0.1) is 27.7 Å². The number of benzene rings is 2. The monoisotopic (exact) mass is 587 g/mol. The van der Waals surface area contributed by atoms with E-state index in [2.05, 4.69) is 31.1 Å². The van der Waals surface area contributed by atoms with Gasteiger partial charge in [-0.15, -0.1) is 0 Å². The Labute approximate surface area is 246 Å². The SMILES string of the molecule is Cc1c(N)ncnc1N[C@@H](C)c1nc2cccc(Cl)c2c(=O)n1-c1cccc(NC(=O)Nc2cc(C(C)(C)C)on2)c1. The summed E-state index contributed by atoms with van der Waals surface area (Å²) in [5, 5.41) is 13.2. The Hall–Kier alpha value is -4.97. The molecule has 0 aliphatic rings. The topological polar surface area (TPSA) is 166 Å². The molecule has 216 valence electrons. The Morgan fingerprint density at radius 3 is 2.60 bits per heavy atom. The number of hydrogen-bond donors (Lipinski definition) is 4. The number of fused-ring (bicyclic) bond motifs is 1. The van der Waals surface area contributed by atoms with Crippen molar-refractivity contribution >= 4 is 51.7 Å². The smallest absolute Gasteiger partial charge is 0.324 e. The summed E-state index contributed by atoms with van der Waals surface area (Å²) in [6.45, 7) is 9.59. The third-order valence-electron chi connectivity index (χ3n) is 6.59. The Bertz CT molecular complexity index is 1860. The van der Waals surface area contributed by atoms with Gasteiger partial charge < -0.3 is 20.9 Å². The van der Waals surface area contributed by atoms with Gasteiger partial charge in [-0.3, -0.25) is 14.7 Å². The highest BCUT2D eigenvalue weighted by atomic mass is 35.5. The zero-order chi connectivity index (χ0) is 30.2. The van der Waals surface area contributed by atoms with E-state index in [4.69, 9.17) is 26.8 Å². The van der Waals surface area contributed by atoms with Crippen LogP contribution in [0.3, 0.4) is 0 Å². The maximum absolute atomic E-state index is 14.0. The Morgan fingerprint density at radius 2 is 1.86 bits per heavy atom. The van der Waals surface area contributed by atoms with Gasteiger partial charge in [0.15, 0.2) is 5.82 Å². The van der Waals surface area contributed by atoms with Gasteiger partial charge in [-0.05, 0) is 44.2 Å². The van der Waals surface area contributed by atoms with Crippen LogP contribution < -0.4 is 27.2 Å². The van der Waals surface area contributed by atoms with Gasteiger partial charge in [-0.2, -0.15) is 0 Å². The van der Waals surface area contributed by atoms with Gasteiger partial charge in [0.2, 0.25) is 0 Å². The van der Waals surface area contributed by atoms with Crippen LogP contribution in [0.5, 0.6) is 0 Å². The van der Waals surface area contributed by atoms with Crippen LogP contribution in [0.15, 0.2) is 64.2 Å². The number of nitrogens with one attached hydrogen (secondary N) is 3. The average Bonchev–Trinajstić information content (AvgIpc) is 3.40. The first-order valence-corrected chi connectivity index (χ1v) is 13.5. The summed E-state index contributed by atoms with van der Waals surface area (Å²) in [5.41, 5.74) is 7.35. The van der Waals surface area contributed by atoms with Crippen molar-refractivity contribution in [2.45, 2.75) is 46.1 Å². The van der Waals surface area contributed by atoms with Crippen molar-refractivity contribution in [2.75, 3.05) is 21.7 Å². The number of rotatable bonds is 6. The summed E-state index contributed by atoms with van der Waals surface area (Å²) in [5.74, 6) is 2.16. The molecule has 0 saturated carbocycles. The van der Waals surface area contributed by atoms with Crippen molar-refractivity contribution in [3.63, 3.8) is 0 Å². The van der Waals surface area contributed by atoms with Gasteiger partial charge in [-0.1, -0.05) is 49.7 Å². The van der Waals surface area contributed by atoms with Crippen molar-refractivity contribution in [1.82, 2.24) is 24.7 Å². The van der Waals surface area contributed by atoms with E-state index in [1.807, 2.05) is 27.7 Å². The minimum Gasteiger partial charge on any atom is -0.383 e. The number of carbonyl (C=O) groups is 1. The molecule has 1 atom stereocenters. The number of amides is 2. The van der Waals surface area contributed by atoms with Crippen LogP contribution in [0.25, 0.3) is 16.6 Å². The highest BCUT2D eigenvalue weighted by molar-refractivity contribution is 6.35. The van der Waals surface area contributed by atoms with Crippen molar-refractivity contribution in [1.29, 1.82) is 0 Å². The summed E-state index contributed by atoms with van der Waals surface area (Å²) < 4.78 is 6.80. The third kappa shape index (κ3) is 5.75. The van der Waals surface area contributed by atoms with Crippen molar-refractivity contribution in [3.8, 4) is 5.69 Å². The predicted molar refractivity (Wildman–Crippen MR) is 163 cm³/mol. The number of hydrogen-bond acceptors (Lipinski definition) is 9. The molecular weight excluding hydrogens is 558 g/mol. The number of urea groups is 1. The van der Waals surface area contributed by atoms with E-state index < -0.39 is 12.1 Å². The second-order valence-electron chi connectivity index (χ2n) is 10.8. The molecule has 0 unspecified atom stereocenters. The van der Waals surface area contributed by atoms with E-state index in [9.17, 15) is 9.59 Å². The van der Waals surface area contributed by atoms with Gasteiger partial charge in [0.1, 0.15) is 29.5 Å². The highest BCUT2D eigenvalue weighted by Crippen LogP contribution is 2.27. The van der Waals surface area contributed by atoms with Gasteiger partial charge >= 0.3 is 6.03 Å². The molecule has 0 aliphatic carbocycles. The van der Waals surface area contributed by atoms with Crippen molar-refractivity contribution < 1.29 is 9.32 Å². The molecule has 5 rings (SSSR count). The van der Waals surface area contributed by atoms with Crippen LogP contribution in [-0.4, -0.2) is 30.7 Å². The summed E-state index contributed by atoms with van der Waals surface area (Å²) in [7, 11) is 0. The lowest BCUT2D eigenvalue weighted by molar-refractivity contribution is 0.262. The molecule has 0 saturated heterocycles. The zero-order valence-electron chi connectivity index (χ0n) is 23.7. The molecule has 0 fully saturated rings. The Balaban J connectivity index is 1.51. The predicted octanol–water partition coefficient (Wildman–Crippen LogP) is 5.82. The molecule has 0 bridgehead atoms. The average molecular weight is 588 g/mol. The molecule has 12 nitrogen and oxygen atoms in total. The largest absolute Gasteiger partial charge is 0.383 e. The zero-order valence-corrected chi connectivity index (χ0v) is 24.4. The number of nitrogens with zero attached hydrogens (tertiary/aromatic N) is 5. The summed E-state index contributed by atoms with van der Waals surface area (Å²) >= 11 is 6.45. The minimum absolute atomic E-state index is 0.260. The molecule has 0 spiro atoms. The Kier molecular flexibility index (Phi) is 7.57. The lowest BCUT2D eigenvalue weighted by Gasteiger charge is -2.21. The van der Waals surface area contributed by atoms with Gasteiger partial charge in [0, 0.05) is 22.7 Å². The summed E-state index contributed by atoms with van der Waals surface area (Å²) in [6, 6.07) is 12.6. The second-order valence-corrected chi connectivity index (χ2v) is 11.2. The third-order valence-corrected chi connectivity index (χ3v) is 6.90. The van der Waals surface area contributed by atoms with Crippen LogP contribution in [0.2, 0.25) is 5.02 Å². The lowest BCUT2D eigenvalue weighted by Crippen LogP contribution is -2.28. The first kappa shape index (κ1) is 28.6. The van der Waals surface area contributed by atoms with E-state index in [-0.39, 0.29) is 27.2 Å². The Morgan fingerprint density at radius 1 is 1.10 bits per heavy atom. The van der Waals surface area contributed by atoms with E-state index in [0.717, 1.165) is 0 Å². The van der Waals surface area contributed by atoms with Crippen LogP contribution in [-0.2, 0) is 5.41 Å². The fraction of sp³-hybridized carbons (Fsp3) is 0.241. The number of aromatic nitrogens is 5. The number of halogens is 1. The standard InChI is InChI=1S/C29H30ClN9O3/c1-15-24(31)32-14-33-25(15)34-16(2)26-36-20-11-7-10-19(30)23(20)27(40)39(26)18-9-6-8-17(12-18)35-28(41)37-22-13-21(42-38-22)29(3,4)5/h6-14,16H,1-5H3,(H3,31,32,33,34)(H2,35,37,38,41)/t16-/m0/s1. The summed E-state index contributed by atoms with van der Waals surface area (Å²) in [4.78, 5) is 39.9. The number of anilines is 4. The fourth-order valence-electron chi connectivity index (χ4n) is 4.31. The second kappa shape index (κ2) is 11.1. The molecule has 5 aromatic rings. The van der Waals surface area contributed by atoms with Crippen LogP contribution in [0, 0.1) is 6.92 Å². The molecule has 42 heavy (non-hydrogen) atoms. The molecule has 3 heterocycles. The molecule has 0 aliphatic heterocycles. The van der Waals surface area contributed by atoms with Crippen LogP contribution in [0.4, 0.5) is 27.9 Å². The normalized spacial score (nSPS) is 12.2. The number of carbonyl (C=O) groups excluding carboxylic acids is 1. The van der Waals surface area contributed by atoms with Gasteiger partial charge in [-0.25, -0.2) is 19.7 Å². The van der Waals surface area contributed by atoms with E-state index >= 15 is 0 Å². The van der Waals surface area contributed by atoms with Gasteiger partial charge in [0.25, 0.3) is 5.56 Å². The van der Waals surface area contributed by atoms with Crippen LogP contribution >= 0.6 is 11.6 Å². The van der Waals surface area contributed by atoms with E-state index in [1.165, 1.54) is 10.9 Å². The van der Waals surface area contributed by atoms with Crippen LogP contribution in [0.1, 0.15) is 50.9 Å². The molecule has 0 radical (unpaired) electrons. The quantitative estimate of drug-likeness (QED) is 0.191. The first-order chi connectivity index (χ1) is 19.9. The number of nitrogen functional groups attached to an aromatic ring is 1. The summed E-state index contributed by atoms with van der Waals surface area (Å²) in [6.07, 6.45) is 1.36. The minimum atomic E-state index is -0.528. The highest BCUT2D eigenvalue weighted by Gasteiger charge is 2.22. The van der Waals surface area contributed by atoms with E-state index in [0.29, 0.717) is 45.7 Å². The van der Waals surface area contributed by atoms with Crippen molar-refractivity contribution in [3.05, 3.63) is 87.4 Å². The molecule has 5 N–H and O–H groups in total. The van der Waals surface area contributed by atoms with Crippen molar-refractivity contribution in [2.24, 2.45) is 0 Å². The number of nitrogens with two attached hydrogens (primary N) is 1.